The molecule has 0 saturated carbocycles. The third kappa shape index (κ3) is 5.44. The van der Waals surface area contributed by atoms with Crippen molar-refractivity contribution in [3.63, 3.8) is 0 Å². The number of alkyl halides is 3. The van der Waals surface area contributed by atoms with Gasteiger partial charge in [-0.25, -0.2) is 9.18 Å². The average Bonchev–Trinajstić information content (AvgIpc) is 2.46. The van der Waals surface area contributed by atoms with E-state index in [1.807, 2.05) is 0 Å². The molecule has 5 nitrogen and oxygen atoms in total. The highest BCUT2D eigenvalue weighted by Gasteiger charge is 2.36. The van der Waals surface area contributed by atoms with Gasteiger partial charge in [0, 0.05) is 13.5 Å². The minimum absolute atomic E-state index is 0.00129. The van der Waals surface area contributed by atoms with Crippen LogP contribution < -0.4 is 4.74 Å². The highest BCUT2D eigenvalue weighted by atomic mass is 19.4. The van der Waals surface area contributed by atoms with Crippen LogP contribution in [0.25, 0.3) is 0 Å². The maximum Gasteiger partial charge on any atom is 0.573 e. The van der Waals surface area contributed by atoms with E-state index in [1.54, 1.807) is 0 Å². The van der Waals surface area contributed by atoms with Crippen LogP contribution >= 0.6 is 0 Å². The van der Waals surface area contributed by atoms with Gasteiger partial charge in [-0.3, -0.25) is 0 Å². The second-order valence-corrected chi connectivity index (χ2v) is 4.22. The first-order chi connectivity index (χ1) is 10.7. The van der Waals surface area contributed by atoms with Crippen molar-refractivity contribution in [3.05, 3.63) is 41.4 Å². The van der Waals surface area contributed by atoms with Crippen LogP contribution in [0.4, 0.5) is 17.6 Å². The number of hydrogen-bond donors (Lipinski definition) is 0. The minimum atomic E-state index is -5.17. The molecule has 128 valence electrons. The summed E-state index contributed by atoms with van der Waals surface area (Å²) in [5.41, 5.74) is -0.689. The Hall–Kier alpha value is -2.29. The summed E-state index contributed by atoms with van der Waals surface area (Å²) >= 11 is 0. The van der Waals surface area contributed by atoms with Crippen LogP contribution in [0.1, 0.15) is 15.9 Å². The molecule has 1 rings (SSSR count). The summed E-state index contributed by atoms with van der Waals surface area (Å²) in [6.45, 7) is 3.39. The molecule has 1 aromatic rings. The smallest absolute Gasteiger partial charge is 0.472 e. The van der Waals surface area contributed by atoms with Crippen molar-refractivity contribution in [2.75, 3.05) is 21.0 Å². The lowest BCUT2D eigenvalue weighted by Crippen LogP contribution is -2.21. The molecule has 0 bridgehead atoms. The summed E-state index contributed by atoms with van der Waals surface area (Å²) in [6.07, 6.45) is -5.34. The lowest BCUT2D eigenvalue weighted by Gasteiger charge is -2.17. The van der Waals surface area contributed by atoms with Gasteiger partial charge in [-0.1, -0.05) is 12.6 Å². The van der Waals surface area contributed by atoms with E-state index in [9.17, 15) is 22.4 Å². The van der Waals surface area contributed by atoms with Gasteiger partial charge >= 0.3 is 12.3 Å². The molecular weight excluding hydrogens is 324 g/mol. The second kappa shape index (κ2) is 7.82. The van der Waals surface area contributed by atoms with Crippen molar-refractivity contribution < 1.29 is 41.3 Å². The molecule has 0 aliphatic rings. The maximum atomic E-state index is 13.7. The quantitative estimate of drug-likeness (QED) is 0.331. The van der Waals surface area contributed by atoms with Gasteiger partial charge in [0.05, 0.1) is 12.9 Å². The Kier molecular flexibility index (Phi) is 6.38. The highest BCUT2D eigenvalue weighted by Crippen LogP contribution is 2.33. The van der Waals surface area contributed by atoms with E-state index >= 15 is 0 Å². The van der Waals surface area contributed by atoms with Crippen molar-refractivity contribution >= 4 is 5.97 Å². The van der Waals surface area contributed by atoms with E-state index in [2.05, 4.69) is 20.8 Å². The van der Waals surface area contributed by atoms with Gasteiger partial charge in [0.2, 0.25) is 0 Å². The van der Waals surface area contributed by atoms with Crippen LogP contribution in [0, 0.1) is 5.82 Å². The number of ether oxygens (including phenoxy) is 4. The van der Waals surface area contributed by atoms with Crippen LogP contribution in [0.5, 0.6) is 5.75 Å². The van der Waals surface area contributed by atoms with E-state index < -0.39 is 29.5 Å². The first kappa shape index (κ1) is 18.8. The third-order valence-electron chi connectivity index (χ3n) is 2.57. The molecule has 0 saturated heterocycles. The SMILES string of the molecule is C=C(Cc1ccc(F)c(OC(F)(F)F)c1C(=O)OC)OCOC. The molecule has 0 spiro atoms. The second-order valence-electron chi connectivity index (χ2n) is 4.22. The molecule has 0 unspecified atom stereocenters. The fraction of sp³-hybridized carbons (Fsp3) is 0.357. The molecule has 0 fully saturated rings. The number of carbonyl (C=O) groups excluding carboxylic acids is 1. The van der Waals surface area contributed by atoms with E-state index in [1.165, 1.54) is 7.11 Å². The van der Waals surface area contributed by atoms with Crippen LogP contribution in [0.2, 0.25) is 0 Å². The summed E-state index contributed by atoms with van der Waals surface area (Å²) in [5.74, 6) is -3.70. The molecule has 0 aliphatic carbocycles. The van der Waals surface area contributed by atoms with Crippen LogP contribution in [0.3, 0.4) is 0 Å². The number of esters is 1. The van der Waals surface area contributed by atoms with Gasteiger partial charge in [-0.2, -0.15) is 0 Å². The highest BCUT2D eigenvalue weighted by molar-refractivity contribution is 5.94. The van der Waals surface area contributed by atoms with Gasteiger partial charge in [-0.15, -0.1) is 13.2 Å². The molecule has 0 radical (unpaired) electrons. The summed E-state index contributed by atoms with van der Waals surface area (Å²) in [7, 11) is 2.31. The minimum Gasteiger partial charge on any atom is -0.472 e. The van der Waals surface area contributed by atoms with E-state index in [0.29, 0.717) is 0 Å². The first-order valence-corrected chi connectivity index (χ1v) is 6.14. The summed E-state index contributed by atoms with van der Waals surface area (Å²) < 4.78 is 68.7. The van der Waals surface area contributed by atoms with Gasteiger partial charge in [0.25, 0.3) is 0 Å². The van der Waals surface area contributed by atoms with Crippen molar-refractivity contribution in [3.8, 4) is 5.75 Å². The Balaban J connectivity index is 3.27. The van der Waals surface area contributed by atoms with Crippen molar-refractivity contribution in [2.24, 2.45) is 0 Å². The molecule has 23 heavy (non-hydrogen) atoms. The van der Waals surface area contributed by atoms with E-state index in [4.69, 9.17) is 4.74 Å². The molecular formula is C14H14F4O5. The van der Waals surface area contributed by atoms with Crippen molar-refractivity contribution in [2.45, 2.75) is 12.8 Å². The zero-order valence-corrected chi connectivity index (χ0v) is 12.3. The molecule has 0 aromatic heterocycles. The van der Waals surface area contributed by atoms with Crippen molar-refractivity contribution in [1.82, 2.24) is 0 Å². The average molecular weight is 338 g/mol. The molecule has 0 N–H and O–H groups in total. The van der Waals surface area contributed by atoms with E-state index in [-0.39, 0.29) is 24.5 Å². The topological polar surface area (TPSA) is 54.0 Å². The predicted octanol–water partition coefficient (Wildman–Crippen LogP) is 3.19. The number of rotatable bonds is 7. The van der Waals surface area contributed by atoms with Crippen LogP contribution in [-0.2, 0) is 20.6 Å². The molecule has 0 heterocycles. The zero-order chi connectivity index (χ0) is 17.6. The predicted molar refractivity (Wildman–Crippen MR) is 70.2 cm³/mol. The molecule has 0 amide bonds. The van der Waals surface area contributed by atoms with Gasteiger partial charge in [0.1, 0.15) is 5.56 Å². The van der Waals surface area contributed by atoms with Crippen LogP contribution in [0.15, 0.2) is 24.5 Å². The third-order valence-corrected chi connectivity index (χ3v) is 2.57. The van der Waals surface area contributed by atoms with E-state index in [0.717, 1.165) is 19.2 Å². The summed E-state index contributed by atoms with van der Waals surface area (Å²) in [6, 6.07) is 1.86. The molecule has 1 aromatic carbocycles. The van der Waals surface area contributed by atoms with Crippen molar-refractivity contribution in [1.29, 1.82) is 0 Å². The number of carbonyl (C=O) groups is 1. The van der Waals surface area contributed by atoms with Crippen LogP contribution in [-0.4, -0.2) is 33.3 Å². The molecule has 9 heteroatoms. The number of hydrogen-bond acceptors (Lipinski definition) is 5. The Morgan fingerprint density at radius 2 is 1.91 bits per heavy atom. The molecule has 0 atom stereocenters. The number of halogens is 4. The first-order valence-electron chi connectivity index (χ1n) is 6.14. The Morgan fingerprint density at radius 1 is 1.26 bits per heavy atom. The van der Waals surface area contributed by atoms with Gasteiger partial charge < -0.3 is 18.9 Å². The Morgan fingerprint density at radius 3 is 2.43 bits per heavy atom. The standard InChI is InChI=1S/C14H14F4O5/c1-8(22-7-20-2)6-9-4-5-10(15)12(23-14(16,17)18)11(9)13(19)21-3/h4-5H,1,6-7H2,2-3H3. The maximum absolute atomic E-state index is 13.7. The normalized spacial score (nSPS) is 11.0. The Labute approximate surface area is 129 Å². The lowest BCUT2D eigenvalue weighted by molar-refractivity contribution is -0.275. The van der Waals surface area contributed by atoms with Gasteiger partial charge in [-0.05, 0) is 11.6 Å². The lowest BCUT2D eigenvalue weighted by atomic mass is 10.0. The number of allylic oxidation sites excluding steroid dienone is 1. The number of benzene rings is 1. The Bertz CT molecular complexity index is 583. The monoisotopic (exact) mass is 338 g/mol. The largest absolute Gasteiger partial charge is 0.573 e. The number of methoxy groups -OCH3 is 2. The van der Waals surface area contributed by atoms with Gasteiger partial charge in [0.15, 0.2) is 18.4 Å². The fourth-order valence-electron chi connectivity index (χ4n) is 1.69. The summed E-state index contributed by atoms with van der Waals surface area (Å²) in [4.78, 5) is 11.8. The fourth-order valence-corrected chi connectivity index (χ4v) is 1.69. The summed E-state index contributed by atoms with van der Waals surface area (Å²) in [5, 5.41) is 0. The molecule has 0 aliphatic heterocycles. The zero-order valence-electron chi connectivity index (χ0n) is 12.3.